The van der Waals surface area contributed by atoms with Gasteiger partial charge in [-0.2, -0.15) is 13.2 Å². The standard InChI is InChI=1S/C26H16F4N2O5/c1-12-3-6-15(11-20(12)33)32-23(36)17-8-5-14(10-19(17)24(32)37)25(27,26(28,29)30)13-4-7-16-18(9-13)22(35)31(2)21(16)34/h3-11,33H,1-2H3. The summed E-state index contributed by atoms with van der Waals surface area (Å²) in [5, 5.41) is 9.96. The number of imide groups is 2. The zero-order valence-electron chi connectivity index (χ0n) is 19.2. The highest BCUT2D eigenvalue weighted by molar-refractivity contribution is 6.34. The van der Waals surface area contributed by atoms with Crippen molar-refractivity contribution in [2.24, 2.45) is 0 Å². The zero-order valence-corrected chi connectivity index (χ0v) is 19.2. The minimum absolute atomic E-state index is 0.0101. The molecule has 1 atom stereocenters. The van der Waals surface area contributed by atoms with Gasteiger partial charge in [-0.15, -0.1) is 0 Å². The quantitative estimate of drug-likeness (QED) is 0.412. The molecule has 37 heavy (non-hydrogen) atoms. The first kappa shape index (κ1) is 24.2. The number of aryl methyl sites for hydroxylation is 1. The summed E-state index contributed by atoms with van der Waals surface area (Å²) in [5.74, 6) is -3.66. The Morgan fingerprint density at radius 2 is 1.16 bits per heavy atom. The smallest absolute Gasteiger partial charge is 0.431 e. The van der Waals surface area contributed by atoms with Gasteiger partial charge in [0.15, 0.2) is 0 Å². The van der Waals surface area contributed by atoms with E-state index < -0.39 is 52.2 Å². The summed E-state index contributed by atoms with van der Waals surface area (Å²) in [5.41, 5.74) is -6.91. The van der Waals surface area contributed by atoms with Gasteiger partial charge in [0.1, 0.15) is 5.75 Å². The monoisotopic (exact) mass is 512 g/mol. The van der Waals surface area contributed by atoms with Crippen LogP contribution >= 0.6 is 0 Å². The zero-order chi connectivity index (χ0) is 27.0. The fourth-order valence-corrected chi connectivity index (χ4v) is 4.50. The van der Waals surface area contributed by atoms with Crippen LogP contribution in [-0.2, 0) is 5.67 Å². The molecule has 2 aliphatic heterocycles. The average Bonchev–Trinajstić information content (AvgIpc) is 3.23. The second kappa shape index (κ2) is 7.73. The van der Waals surface area contributed by atoms with E-state index in [1.165, 1.54) is 12.1 Å². The highest BCUT2D eigenvalue weighted by atomic mass is 19.4. The number of halogens is 4. The largest absolute Gasteiger partial charge is 0.508 e. The molecular formula is C26H16F4N2O5. The normalized spacial score (nSPS) is 16.8. The molecule has 0 radical (unpaired) electrons. The van der Waals surface area contributed by atoms with E-state index in [1.807, 2.05) is 0 Å². The Balaban J connectivity index is 1.63. The SMILES string of the molecule is Cc1ccc(N2C(=O)c3ccc(C(F)(c4ccc5c(c4)C(=O)N(C)C5=O)C(F)(F)F)cc3C2=O)cc1O. The van der Waals surface area contributed by atoms with E-state index in [9.17, 15) is 37.5 Å². The van der Waals surface area contributed by atoms with Gasteiger partial charge in [-0.3, -0.25) is 24.1 Å². The number of hydrogen-bond donors (Lipinski definition) is 1. The van der Waals surface area contributed by atoms with Crippen molar-refractivity contribution in [3.63, 3.8) is 0 Å². The van der Waals surface area contributed by atoms with Crippen molar-refractivity contribution in [1.82, 2.24) is 4.90 Å². The summed E-state index contributed by atoms with van der Waals surface area (Å²) in [6, 6.07) is 8.71. The number of carbonyl (C=O) groups is 4. The summed E-state index contributed by atoms with van der Waals surface area (Å²) in [6.07, 6.45) is -5.54. The maximum absolute atomic E-state index is 16.2. The topological polar surface area (TPSA) is 95.0 Å². The fourth-order valence-electron chi connectivity index (χ4n) is 4.50. The van der Waals surface area contributed by atoms with Crippen LogP contribution in [0.3, 0.4) is 0 Å². The maximum Gasteiger partial charge on any atom is 0.431 e. The third kappa shape index (κ3) is 3.26. The van der Waals surface area contributed by atoms with Crippen LogP contribution in [0.4, 0.5) is 23.2 Å². The van der Waals surface area contributed by atoms with Gasteiger partial charge in [0.2, 0.25) is 0 Å². The number of carbonyl (C=O) groups excluding carboxylic acids is 4. The molecule has 0 saturated carbocycles. The molecule has 0 fully saturated rings. The van der Waals surface area contributed by atoms with Gasteiger partial charge in [-0.05, 0) is 42.8 Å². The molecule has 3 aromatic carbocycles. The van der Waals surface area contributed by atoms with E-state index in [4.69, 9.17) is 0 Å². The first-order valence-corrected chi connectivity index (χ1v) is 10.8. The van der Waals surface area contributed by atoms with Crippen LogP contribution in [-0.4, -0.2) is 46.9 Å². The van der Waals surface area contributed by atoms with E-state index >= 15 is 4.39 Å². The molecule has 4 amide bonds. The number of fused-ring (bicyclic) bond motifs is 2. The molecule has 3 aromatic rings. The Morgan fingerprint density at radius 1 is 0.676 bits per heavy atom. The lowest BCUT2D eigenvalue weighted by Gasteiger charge is -2.29. The van der Waals surface area contributed by atoms with E-state index in [-0.39, 0.29) is 28.1 Å². The number of anilines is 1. The number of benzene rings is 3. The van der Waals surface area contributed by atoms with Crippen LogP contribution in [0.2, 0.25) is 0 Å². The van der Waals surface area contributed by atoms with Gasteiger partial charge < -0.3 is 5.11 Å². The molecule has 0 spiro atoms. The van der Waals surface area contributed by atoms with Crippen molar-refractivity contribution in [1.29, 1.82) is 0 Å². The predicted molar refractivity (Wildman–Crippen MR) is 121 cm³/mol. The minimum Gasteiger partial charge on any atom is -0.508 e. The Morgan fingerprint density at radius 3 is 1.70 bits per heavy atom. The van der Waals surface area contributed by atoms with Crippen LogP contribution in [0.25, 0.3) is 0 Å². The van der Waals surface area contributed by atoms with Crippen LogP contribution in [0, 0.1) is 6.92 Å². The fraction of sp³-hybridized carbons (Fsp3) is 0.154. The highest BCUT2D eigenvalue weighted by Crippen LogP contribution is 2.49. The third-order valence-corrected chi connectivity index (χ3v) is 6.61. The van der Waals surface area contributed by atoms with Crippen molar-refractivity contribution in [2.75, 3.05) is 11.9 Å². The number of amides is 4. The van der Waals surface area contributed by atoms with Crippen molar-refractivity contribution >= 4 is 29.3 Å². The Bertz CT molecular complexity index is 1560. The summed E-state index contributed by atoms with van der Waals surface area (Å²) < 4.78 is 59.1. The summed E-state index contributed by atoms with van der Waals surface area (Å²) in [4.78, 5) is 51.8. The molecule has 0 bridgehead atoms. The first-order chi connectivity index (χ1) is 17.3. The molecule has 188 valence electrons. The summed E-state index contributed by atoms with van der Waals surface area (Å²) in [6.45, 7) is 1.59. The average molecular weight is 512 g/mol. The predicted octanol–water partition coefficient (Wildman–Crippen LogP) is 4.50. The molecule has 1 N–H and O–H groups in total. The third-order valence-electron chi connectivity index (χ3n) is 6.61. The molecule has 5 rings (SSSR count). The lowest BCUT2D eigenvalue weighted by molar-refractivity contribution is -0.219. The first-order valence-electron chi connectivity index (χ1n) is 10.8. The lowest BCUT2D eigenvalue weighted by atomic mass is 9.84. The number of phenolic OH excluding ortho intramolecular Hbond substituents is 1. The number of alkyl halides is 4. The molecule has 1 unspecified atom stereocenters. The van der Waals surface area contributed by atoms with Crippen LogP contribution in [0.5, 0.6) is 5.75 Å². The van der Waals surface area contributed by atoms with E-state index in [2.05, 4.69) is 0 Å². The van der Waals surface area contributed by atoms with Gasteiger partial charge in [0, 0.05) is 24.2 Å². The number of aromatic hydroxyl groups is 1. The van der Waals surface area contributed by atoms with Crippen molar-refractivity contribution in [3.05, 3.63) is 93.5 Å². The van der Waals surface area contributed by atoms with Gasteiger partial charge in [-0.1, -0.05) is 18.2 Å². The second-order valence-corrected chi connectivity index (χ2v) is 8.76. The van der Waals surface area contributed by atoms with E-state index in [0.29, 0.717) is 27.5 Å². The van der Waals surface area contributed by atoms with Gasteiger partial charge in [-0.25, -0.2) is 9.29 Å². The summed E-state index contributed by atoms with van der Waals surface area (Å²) in [7, 11) is 1.15. The van der Waals surface area contributed by atoms with Gasteiger partial charge >= 0.3 is 6.18 Å². The van der Waals surface area contributed by atoms with Gasteiger partial charge in [0.25, 0.3) is 29.3 Å². The van der Waals surface area contributed by atoms with E-state index in [0.717, 1.165) is 37.4 Å². The molecule has 2 aliphatic rings. The highest BCUT2D eigenvalue weighted by Gasteiger charge is 2.59. The summed E-state index contributed by atoms with van der Waals surface area (Å²) >= 11 is 0. The maximum atomic E-state index is 16.2. The van der Waals surface area contributed by atoms with Crippen LogP contribution in [0.15, 0.2) is 54.6 Å². The lowest BCUT2D eigenvalue weighted by Crippen LogP contribution is -2.39. The molecular weight excluding hydrogens is 496 g/mol. The van der Waals surface area contributed by atoms with Crippen molar-refractivity contribution in [3.8, 4) is 5.75 Å². The Labute approximate surface area is 206 Å². The number of rotatable bonds is 3. The van der Waals surface area contributed by atoms with E-state index in [1.54, 1.807) is 6.92 Å². The van der Waals surface area contributed by atoms with Crippen LogP contribution < -0.4 is 4.90 Å². The molecule has 11 heteroatoms. The Kier molecular flexibility index (Phi) is 5.05. The van der Waals surface area contributed by atoms with Crippen LogP contribution in [0.1, 0.15) is 58.1 Å². The molecule has 7 nitrogen and oxygen atoms in total. The minimum atomic E-state index is -5.54. The molecule has 0 aliphatic carbocycles. The number of nitrogens with zero attached hydrogens (tertiary/aromatic N) is 2. The molecule has 0 aromatic heterocycles. The Hall–Kier alpha value is -4.54. The molecule has 0 saturated heterocycles. The van der Waals surface area contributed by atoms with Crippen molar-refractivity contribution in [2.45, 2.75) is 18.8 Å². The number of phenols is 1. The molecule has 2 heterocycles. The van der Waals surface area contributed by atoms with Gasteiger partial charge in [0.05, 0.1) is 27.9 Å². The second-order valence-electron chi connectivity index (χ2n) is 8.76. The number of hydrogen-bond acceptors (Lipinski definition) is 5. The van der Waals surface area contributed by atoms with Crippen molar-refractivity contribution < 1.29 is 41.8 Å².